The van der Waals surface area contributed by atoms with E-state index in [0.29, 0.717) is 6.04 Å². The molecule has 1 N–H and O–H groups in total. The van der Waals surface area contributed by atoms with Crippen LogP contribution in [0.15, 0.2) is 12.1 Å². The molecular weight excluding hydrogens is 174 g/mol. The monoisotopic (exact) mass is 191 g/mol. The average Bonchev–Trinajstić information content (AvgIpc) is 2.17. The summed E-state index contributed by atoms with van der Waals surface area (Å²) in [6.07, 6.45) is 1.06. The Morgan fingerprint density at radius 1 is 1.36 bits per heavy atom. The van der Waals surface area contributed by atoms with Crippen LogP contribution in [0.1, 0.15) is 29.2 Å². The van der Waals surface area contributed by atoms with Gasteiger partial charge in [0.2, 0.25) is 0 Å². The van der Waals surface area contributed by atoms with Crippen molar-refractivity contribution in [1.29, 1.82) is 0 Å². The van der Waals surface area contributed by atoms with Gasteiger partial charge in [-0.3, -0.25) is 0 Å². The molecule has 0 aromatic heterocycles. The highest BCUT2D eigenvalue weighted by molar-refractivity contribution is 5.46. The van der Waals surface area contributed by atoms with Crippen LogP contribution in [0.25, 0.3) is 0 Å². The molecule has 1 atom stereocenters. The third-order valence-electron chi connectivity index (χ3n) is 2.82. The van der Waals surface area contributed by atoms with Crippen molar-refractivity contribution in [3.05, 3.63) is 28.8 Å². The summed E-state index contributed by atoms with van der Waals surface area (Å²) in [4.78, 5) is 0. The fourth-order valence-electron chi connectivity index (χ4n) is 2.18. The molecule has 14 heavy (non-hydrogen) atoms. The number of hydrogen-bond donors (Lipinski definition) is 1. The van der Waals surface area contributed by atoms with Crippen molar-refractivity contribution in [3.63, 3.8) is 0 Å². The lowest BCUT2D eigenvalue weighted by Gasteiger charge is -2.27. The topological polar surface area (TPSA) is 21.3 Å². The van der Waals surface area contributed by atoms with Crippen molar-refractivity contribution in [3.8, 4) is 5.75 Å². The van der Waals surface area contributed by atoms with E-state index in [2.05, 4.69) is 31.3 Å². The number of ether oxygens (including phenoxy) is 1. The van der Waals surface area contributed by atoms with Gasteiger partial charge in [0.15, 0.2) is 0 Å². The molecule has 1 aromatic rings. The molecule has 1 unspecified atom stereocenters. The maximum atomic E-state index is 5.70. The van der Waals surface area contributed by atoms with Crippen LogP contribution in [0.2, 0.25) is 0 Å². The summed E-state index contributed by atoms with van der Waals surface area (Å²) in [6, 6.07) is 4.86. The molecule has 1 aliphatic heterocycles. The standard InChI is InChI=1S/C12H17NO/c1-8-6-9(2)12-10(7-8)11(13-3)4-5-14-12/h6-7,11,13H,4-5H2,1-3H3. The fraction of sp³-hybridized carbons (Fsp3) is 0.500. The Morgan fingerprint density at radius 2 is 2.14 bits per heavy atom. The summed E-state index contributed by atoms with van der Waals surface area (Å²) in [5.41, 5.74) is 3.88. The van der Waals surface area contributed by atoms with Gasteiger partial charge in [-0.25, -0.2) is 0 Å². The zero-order valence-corrected chi connectivity index (χ0v) is 9.05. The van der Waals surface area contributed by atoms with Crippen LogP contribution in [0, 0.1) is 13.8 Å². The molecule has 0 radical (unpaired) electrons. The fourth-order valence-corrected chi connectivity index (χ4v) is 2.18. The lowest BCUT2D eigenvalue weighted by atomic mass is 9.96. The second-order valence-electron chi connectivity index (χ2n) is 3.98. The highest BCUT2D eigenvalue weighted by Crippen LogP contribution is 2.35. The first-order valence-corrected chi connectivity index (χ1v) is 5.13. The van der Waals surface area contributed by atoms with E-state index < -0.39 is 0 Å². The van der Waals surface area contributed by atoms with Gasteiger partial charge in [0.25, 0.3) is 0 Å². The molecule has 0 bridgehead atoms. The molecule has 0 spiro atoms. The molecule has 0 saturated carbocycles. The number of benzene rings is 1. The van der Waals surface area contributed by atoms with Gasteiger partial charge in [0, 0.05) is 18.0 Å². The second-order valence-corrected chi connectivity index (χ2v) is 3.98. The molecule has 1 heterocycles. The van der Waals surface area contributed by atoms with E-state index in [9.17, 15) is 0 Å². The van der Waals surface area contributed by atoms with Crippen molar-refractivity contribution < 1.29 is 4.74 Å². The summed E-state index contributed by atoms with van der Waals surface area (Å²) in [6.45, 7) is 5.07. The summed E-state index contributed by atoms with van der Waals surface area (Å²) in [7, 11) is 2.01. The largest absolute Gasteiger partial charge is 0.493 e. The number of rotatable bonds is 1. The second kappa shape index (κ2) is 3.62. The highest BCUT2D eigenvalue weighted by Gasteiger charge is 2.21. The third kappa shape index (κ3) is 1.50. The Kier molecular flexibility index (Phi) is 2.46. The van der Waals surface area contributed by atoms with Crippen LogP contribution in [-0.2, 0) is 0 Å². The van der Waals surface area contributed by atoms with Gasteiger partial charge < -0.3 is 10.1 Å². The number of hydrogen-bond acceptors (Lipinski definition) is 2. The van der Waals surface area contributed by atoms with Crippen LogP contribution < -0.4 is 10.1 Å². The smallest absolute Gasteiger partial charge is 0.126 e. The van der Waals surface area contributed by atoms with Crippen molar-refractivity contribution >= 4 is 0 Å². The van der Waals surface area contributed by atoms with Crippen LogP contribution in [0.4, 0.5) is 0 Å². The van der Waals surface area contributed by atoms with Gasteiger partial charge in [-0.1, -0.05) is 17.7 Å². The van der Waals surface area contributed by atoms with E-state index in [-0.39, 0.29) is 0 Å². The number of aryl methyl sites for hydroxylation is 2. The Bertz CT molecular complexity index is 346. The molecule has 0 fully saturated rings. The average molecular weight is 191 g/mol. The van der Waals surface area contributed by atoms with Crippen molar-refractivity contribution in [2.75, 3.05) is 13.7 Å². The Hall–Kier alpha value is -1.02. The molecule has 76 valence electrons. The summed E-state index contributed by atoms with van der Waals surface area (Å²) >= 11 is 0. The minimum atomic E-state index is 0.456. The first-order valence-electron chi connectivity index (χ1n) is 5.13. The Balaban J connectivity index is 2.51. The molecule has 1 aromatic carbocycles. The molecule has 2 heteroatoms. The summed E-state index contributed by atoms with van der Waals surface area (Å²) in [5, 5.41) is 3.33. The SMILES string of the molecule is CNC1CCOc2c(C)cc(C)cc21. The van der Waals surface area contributed by atoms with E-state index in [0.717, 1.165) is 18.8 Å². The van der Waals surface area contributed by atoms with Gasteiger partial charge in [-0.15, -0.1) is 0 Å². The first-order chi connectivity index (χ1) is 6.72. The van der Waals surface area contributed by atoms with Crippen LogP contribution in [-0.4, -0.2) is 13.7 Å². The van der Waals surface area contributed by atoms with Gasteiger partial charge in [0.05, 0.1) is 6.61 Å². The van der Waals surface area contributed by atoms with E-state index in [4.69, 9.17) is 4.74 Å². The quantitative estimate of drug-likeness (QED) is 0.735. The van der Waals surface area contributed by atoms with E-state index in [1.165, 1.54) is 16.7 Å². The van der Waals surface area contributed by atoms with E-state index in [1.807, 2.05) is 7.05 Å². The molecular formula is C12H17NO. The van der Waals surface area contributed by atoms with Gasteiger partial charge in [0.1, 0.15) is 5.75 Å². The molecule has 0 amide bonds. The highest BCUT2D eigenvalue weighted by atomic mass is 16.5. The molecule has 2 rings (SSSR count). The number of nitrogens with one attached hydrogen (secondary N) is 1. The predicted octanol–water partition coefficient (Wildman–Crippen LogP) is 2.35. The first kappa shape index (κ1) is 9.53. The van der Waals surface area contributed by atoms with Crippen molar-refractivity contribution in [1.82, 2.24) is 5.32 Å². The van der Waals surface area contributed by atoms with Crippen molar-refractivity contribution in [2.24, 2.45) is 0 Å². The molecule has 0 aliphatic carbocycles. The van der Waals surface area contributed by atoms with Crippen LogP contribution >= 0.6 is 0 Å². The Morgan fingerprint density at radius 3 is 2.86 bits per heavy atom. The zero-order chi connectivity index (χ0) is 10.1. The lowest BCUT2D eigenvalue weighted by Crippen LogP contribution is -2.24. The molecule has 1 aliphatic rings. The summed E-state index contributed by atoms with van der Waals surface area (Å²) < 4.78 is 5.70. The van der Waals surface area contributed by atoms with Crippen molar-refractivity contribution in [2.45, 2.75) is 26.3 Å². The summed E-state index contributed by atoms with van der Waals surface area (Å²) in [5.74, 6) is 1.08. The van der Waals surface area contributed by atoms with Crippen LogP contribution in [0.5, 0.6) is 5.75 Å². The van der Waals surface area contributed by atoms with Gasteiger partial charge in [-0.05, 0) is 26.5 Å². The lowest BCUT2D eigenvalue weighted by molar-refractivity contribution is 0.255. The van der Waals surface area contributed by atoms with Crippen LogP contribution in [0.3, 0.4) is 0 Å². The Labute approximate surface area is 85.3 Å². The molecule has 0 saturated heterocycles. The zero-order valence-electron chi connectivity index (χ0n) is 9.05. The maximum absolute atomic E-state index is 5.70. The van der Waals surface area contributed by atoms with Gasteiger partial charge >= 0.3 is 0 Å². The maximum Gasteiger partial charge on any atom is 0.126 e. The molecule has 2 nitrogen and oxygen atoms in total. The normalized spacial score (nSPS) is 20.1. The van der Waals surface area contributed by atoms with Gasteiger partial charge in [-0.2, -0.15) is 0 Å². The van der Waals surface area contributed by atoms with E-state index >= 15 is 0 Å². The third-order valence-corrected chi connectivity index (χ3v) is 2.82. The predicted molar refractivity (Wildman–Crippen MR) is 57.8 cm³/mol. The minimum Gasteiger partial charge on any atom is -0.493 e. The minimum absolute atomic E-state index is 0.456. The number of fused-ring (bicyclic) bond motifs is 1. The van der Waals surface area contributed by atoms with E-state index in [1.54, 1.807) is 0 Å².